The SMILES string of the molecule is CC[C@@H](C)[C@@H](C)NC1CCCCCC1. The Balaban J connectivity index is 2.26. The van der Waals surface area contributed by atoms with Crippen LogP contribution < -0.4 is 5.32 Å². The molecule has 0 aromatic heterocycles. The minimum atomic E-state index is 0.697. The van der Waals surface area contributed by atoms with Gasteiger partial charge in [0.2, 0.25) is 0 Å². The highest BCUT2D eigenvalue weighted by atomic mass is 14.9. The van der Waals surface area contributed by atoms with Gasteiger partial charge in [0.05, 0.1) is 0 Å². The summed E-state index contributed by atoms with van der Waals surface area (Å²) in [6.45, 7) is 6.99. The predicted molar refractivity (Wildman–Crippen MR) is 63.5 cm³/mol. The molecule has 0 radical (unpaired) electrons. The molecule has 1 N–H and O–H groups in total. The minimum Gasteiger partial charge on any atom is -0.311 e. The number of rotatable bonds is 4. The molecule has 1 rings (SSSR count). The van der Waals surface area contributed by atoms with Crippen LogP contribution in [0.3, 0.4) is 0 Å². The Bertz CT molecular complexity index is 136. The van der Waals surface area contributed by atoms with Gasteiger partial charge in [-0.2, -0.15) is 0 Å². The molecule has 0 amide bonds. The Hall–Kier alpha value is -0.0400. The predicted octanol–water partition coefficient (Wildman–Crippen LogP) is 3.73. The number of hydrogen-bond acceptors (Lipinski definition) is 1. The average Bonchev–Trinajstić information content (AvgIpc) is 2.45. The van der Waals surface area contributed by atoms with Crippen LogP contribution in [-0.2, 0) is 0 Å². The first-order valence-corrected chi connectivity index (χ1v) is 6.50. The van der Waals surface area contributed by atoms with Crippen LogP contribution in [0.2, 0.25) is 0 Å². The van der Waals surface area contributed by atoms with Crippen molar-refractivity contribution in [2.45, 2.75) is 77.8 Å². The molecule has 0 saturated heterocycles. The lowest BCUT2D eigenvalue weighted by Crippen LogP contribution is -2.39. The van der Waals surface area contributed by atoms with Crippen molar-refractivity contribution in [3.05, 3.63) is 0 Å². The van der Waals surface area contributed by atoms with Crippen molar-refractivity contribution in [2.24, 2.45) is 5.92 Å². The summed E-state index contributed by atoms with van der Waals surface area (Å²) in [6, 6.07) is 1.50. The lowest BCUT2D eigenvalue weighted by Gasteiger charge is -2.26. The maximum Gasteiger partial charge on any atom is 0.00696 e. The van der Waals surface area contributed by atoms with E-state index in [1.807, 2.05) is 0 Å². The van der Waals surface area contributed by atoms with Gasteiger partial charge in [0.25, 0.3) is 0 Å². The summed E-state index contributed by atoms with van der Waals surface area (Å²) in [6.07, 6.45) is 9.88. The maximum atomic E-state index is 3.81. The Morgan fingerprint density at radius 2 is 1.64 bits per heavy atom. The van der Waals surface area contributed by atoms with E-state index in [1.165, 1.54) is 44.9 Å². The Morgan fingerprint density at radius 3 is 2.14 bits per heavy atom. The van der Waals surface area contributed by atoms with E-state index in [0.717, 1.165) is 12.0 Å². The van der Waals surface area contributed by atoms with Gasteiger partial charge >= 0.3 is 0 Å². The van der Waals surface area contributed by atoms with Gasteiger partial charge in [-0.05, 0) is 25.7 Å². The summed E-state index contributed by atoms with van der Waals surface area (Å²) >= 11 is 0. The molecule has 0 aliphatic heterocycles. The van der Waals surface area contributed by atoms with Gasteiger partial charge in [0.1, 0.15) is 0 Å². The van der Waals surface area contributed by atoms with Crippen molar-refractivity contribution < 1.29 is 0 Å². The molecule has 0 aromatic rings. The van der Waals surface area contributed by atoms with Gasteiger partial charge in [0.15, 0.2) is 0 Å². The van der Waals surface area contributed by atoms with Crippen LogP contribution >= 0.6 is 0 Å². The molecular weight excluding hydrogens is 170 g/mol. The second kappa shape index (κ2) is 6.44. The van der Waals surface area contributed by atoms with E-state index in [4.69, 9.17) is 0 Å². The molecule has 1 fully saturated rings. The number of nitrogens with one attached hydrogen (secondary N) is 1. The molecule has 84 valence electrons. The lowest BCUT2D eigenvalue weighted by molar-refractivity contribution is 0.329. The highest BCUT2D eigenvalue weighted by Gasteiger charge is 2.16. The molecule has 1 heteroatoms. The van der Waals surface area contributed by atoms with Gasteiger partial charge in [-0.15, -0.1) is 0 Å². The first kappa shape index (κ1) is 12.0. The summed E-state index contributed by atoms with van der Waals surface area (Å²) in [5.41, 5.74) is 0. The molecule has 0 bridgehead atoms. The molecule has 1 saturated carbocycles. The Morgan fingerprint density at radius 1 is 1.07 bits per heavy atom. The van der Waals surface area contributed by atoms with Crippen LogP contribution in [0.5, 0.6) is 0 Å². The van der Waals surface area contributed by atoms with Gasteiger partial charge in [-0.25, -0.2) is 0 Å². The summed E-state index contributed by atoms with van der Waals surface area (Å²) in [5, 5.41) is 3.81. The third-order valence-corrected chi connectivity index (χ3v) is 3.85. The molecule has 2 atom stereocenters. The molecule has 14 heavy (non-hydrogen) atoms. The summed E-state index contributed by atoms with van der Waals surface area (Å²) in [4.78, 5) is 0. The fraction of sp³-hybridized carbons (Fsp3) is 1.00. The van der Waals surface area contributed by atoms with Crippen molar-refractivity contribution in [1.82, 2.24) is 5.32 Å². The van der Waals surface area contributed by atoms with Crippen LogP contribution in [-0.4, -0.2) is 12.1 Å². The van der Waals surface area contributed by atoms with Crippen molar-refractivity contribution in [2.75, 3.05) is 0 Å². The van der Waals surface area contributed by atoms with Crippen LogP contribution in [0, 0.1) is 5.92 Å². The maximum absolute atomic E-state index is 3.81. The van der Waals surface area contributed by atoms with E-state index in [1.54, 1.807) is 0 Å². The molecule has 1 nitrogen and oxygen atoms in total. The molecular formula is C13H27N. The van der Waals surface area contributed by atoms with Crippen LogP contribution in [0.1, 0.15) is 65.7 Å². The van der Waals surface area contributed by atoms with E-state index in [0.29, 0.717) is 6.04 Å². The van der Waals surface area contributed by atoms with E-state index < -0.39 is 0 Å². The van der Waals surface area contributed by atoms with Crippen molar-refractivity contribution in [3.63, 3.8) is 0 Å². The van der Waals surface area contributed by atoms with Crippen LogP contribution in [0.25, 0.3) is 0 Å². The first-order valence-electron chi connectivity index (χ1n) is 6.50. The van der Waals surface area contributed by atoms with E-state index in [2.05, 4.69) is 26.1 Å². The fourth-order valence-electron chi connectivity index (χ4n) is 2.34. The fourth-order valence-corrected chi connectivity index (χ4v) is 2.34. The molecule has 0 spiro atoms. The van der Waals surface area contributed by atoms with Gasteiger partial charge in [-0.3, -0.25) is 0 Å². The third-order valence-electron chi connectivity index (χ3n) is 3.85. The van der Waals surface area contributed by atoms with Crippen molar-refractivity contribution >= 4 is 0 Å². The highest BCUT2D eigenvalue weighted by molar-refractivity contribution is 4.76. The summed E-state index contributed by atoms with van der Waals surface area (Å²) in [5.74, 6) is 0.818. The highest BCUT2D eigenvalue weighted by Crippen LogP contribution is 2.19. The lowest BCUT2D eigenvalue weighted by atomic mass is 9.98. The van der Waals surface area contributed by atoms with Crippen molar-refractivity contribution in [3.8, 4) is 0 Å². The zero-order valence-corrected chi connectivity index (χ0v) is 10.2. The van der Waals surface area contributed by atoms with Crippen LogP contribution in [0.15, 0.2) is 0 Å². The van der Waals surface area contributed by atoms with Crippen molar-refractivity contribution in [1.29, 1.82) is 0 Å². The van der Waals surface area contributed by atoms with Gasteiger partial charge < -0.3 is 5.32 Å². The summed E-state index contributed by atoms with van der Waals surface area (Å²) in [7, 11) is 0. The largest absolute Gasteiger partial charge is 0.311 e. The zero-order chi connectivity index (χ0) is 10.4. The Kier molecular flexibility index (Phi) is 5.54. The topological polar surface area (TPSA) is 12.0 Å². The van der Waals surface area contributed by atoms with E-state index in [9.17, 15) is 0 Å². The van der Waals surface area contributed by atoms with Gasteiger partial charge in [0, 0.05) is 12.1 Å². The molecule has 0 unspecified atom stereocenters. The molecule has 0 heterocycles. The third kappa shape index (κ3) is 4.00. The zero-order valence-electron chi connectivity index (χ0n) is 10.2. The standard InChI is InChI=1S/C13H27N/c1-4-11(2)12(3)14-13-9-7-5-6-8-10-13/h11-14H,4-10H2,1-3H3/t11-,12-/m1/s1. The second-order valence-electron chi connectivity index (χ2n) is 5.03. The number of hydrogen-bond donors (Lipinski definition) is 1. The van der Waals surface area contributed by atoms with E-state index in [-0.39, 0.29) is 0 Å². The molecule has 1 aliphatic carbocycles. The summed E-state index contributed by atoms with van der Waals surface area (Å²) < 4.78 is 0. The van der Waals surface area contributed by atoms with Gasteiger partial charge in [-0.1, -0.05) is 46.0 Å². The quantitative estimate of drug-likeness (QED) is 0.677. The van der Waals surface area contributed by atoms with Crippen LogP contribution in [0.4, 0.5) is 0 Å². The second-order valence-corrected chi connectivity index (χ2v) is 5.03. The molecule has 0 aromatic carbocycles. The molecule has 1 aliphatic rings. The first-order chi connectivity index (χ1) is 6.74. The minimum absolute atomic E-state index is 0.697. The average molecular weight is 197 g/mol. The normalized spacial score (nSPS) is 24.2. The Labute approximate surface area is 89.7 Å². The monoisotopic (exact) mass is 197 g/mol. The smallest absolute Gasteiger partial charge is 0.00696 e. The van der Waals surface area contributed by atoms with E-state index >= 15 is 0 Å².